The molecule has 0 saturated carbocycles. The Morgan fingerprint density at radius 1 is 1.33 bits per heavy atom. The molecular formula is C17H26N2O2. The fourth-order valence-electron chi connectivity index (χ4n) is 2.73. The lowest BCUT2D eigenvalue weighted by atomic mass is 10.0. The number of carbonyl (C=O) groups is 1. The third-order valence-electron chi connectivity index (χ3n) is 4.11. The molecule has 1 N–H and O–H groups in total. The molecule has 0 unspecified atom stereocenters. The standard InChI is InChI=1S/C17H26N2O2/c1-4-21-17(20)19-9-7-16(8-10-19)18-12-15-11-13(2)5-6-14(15)3/h5-6,11,16,18H,4,7-10,12H2,1-3H3. The van der Waals surface area contributed by atoms with Crippen molar-refractivity contribution in [1.29, 1.82) is 0 Å². The molecule has 0 atom stereocenters. The summed E-state index contributed by atoms with van der Waals surface area (Å²) < 4.78 is 5.04. The van der Waals surface area contributed by atoms with E-state index >= 15 is 0 Å². The molecule has 4 nitrogen and oxygen atoms in total. The van der Waals surface area contributed by atoms with Gasteiger partial charge in [-0.1, -0.05) is 23.8 Å². The first-order valence-corrected chi connectivity index (χ1v) is 7.81. The van der Waals surface area contributed by atoms with Crippen molar-refractivity contribution < 1.29 is 9.53 Å². The van der Waals surface area contributed by atoms with Crippen molar-refractivity contribution in [2.24, 2.45) is 0 Å². The van der Waals surface area contributed by atoms with Gasteiger partial charge in [0.1, 0.15) is 0 Å². The van der Waals surface area contributed by atoms with Gasteiger partial charge in [-0.25, -0.2) is 4.79 Å². The maximum Gasteiger partial charge on any atom is 0.409 e. The van der Waals surface area contributed by atoms with Gasteiger partial charge in [-0.15, -0.1) is 0 Å². The zero-order valence-electron chi connectivity index (χ0n) is 13.3. The van der Waals surface area contributed by atoms with Gasteiger partial charge in [-0.05, 0) is 44.7 Å². The van der Waals surface area contributed by atoms with Crippen LogP contribution in [0.2, 0.25) is 0 Å². The molecule has 21 heavy (non-hydrogen) atoms. The first-order valence-electron chi connectivity index (χ1n) is 7.81. The second-order valence-corrected chi connectivity index (χ2v) is 5.77. The van der Waals surface area contributed by atoms with Gasteiger partial charge >= 0.3 is 6.09 Å². The van der Waals surface area contributed by atoms with E-state index in [-0.39, 0.29) is 6.09 Å². The van der Waals surface area contributed by atoms with Crippen LogP contribution in [0.3, 0.4) is 0 Å². The minimum absolute atomic E-state index is 0.175. The van der Waals surface area contributed by atoms with Gasteiger partial charge in [0, 0.05) is 25.7 Å². The van der Waals surface area contributed by atoms with Crippen molar-refractivity contribution >= 4 is 6.09 Å². The Morgan fingerprint density at radius 2 is 2.05 bits per heavy atom. The lowest BCUT2D eigenvalue weighted by Gasteiger charge is -2.31. The largest absolute Gasteiger partial charge is 0.450 e. The number of piperidine rings is 1. The van der Waals surface area contributed by atoms with Crippen molar-refractivity contribution in [1.82, 2.24) is 10.2 Å². The van der Waals surface area contributed by atoms with Gasteiger partial charge in [0.2, 0.25) is 0 Å². The molecule has 1 saturated heterocycles. The van der Waals surface area contributed by atoms with Crippen molar-refractivity contribution in [2.75, 3.05) is 19.7 Å². The van der Waals surface area contributed by atoms with E-state index < -0.39 is 0 Å². The topological polar surface area (TPSA) is 41.6 Å². The number of benzene rings is 1. The highest BCUT2D eigenvalue weighted by atomic mass is 16.6. The molecule has 1 aliphatic rings. The number of ether oxygens (including phenoxy) is 1. The molecule has 0 spiro atoms. The van der Waals surface area contributed by atoms with Crippen molar-refractivity contribution in [2.45, 2.75) is 46.2 Å². The Kier molecular flexibility index (Phi) is 5.62. The summed E-state index contributed by atoms with van der Waals surface area (Å²) in [5.41, 5.74) is 3.99. The van der Waals surface area contributed by atoms with Crippen LogP contribution >= 0.6 is 0 Å². The number of nitrogens with one attached hydrogen (secondary N) is 1. The molecule has 1 aliphatic heterocycles. The summed E-state index contributed by atoms with van der Waals surface area (Å²) >= 11 is 0. The Morgan fingerprint density at radius 3 is 2.71 bits per heavy atom. The maximum atomic E-state index is 11.6. The van der Waals surface area contributed by atoms with E-state index in [4.69, 9.17) is 4.74 Å². The molecule has 0 aliphatic carbocycles. The summed E-state index contributed by atoms with van der Waals surface area (Å²) in [6.07, 6.45) is 1.80. The first kappa shape index (κ1) is 15.8. The lowest BCUT2D eigenvalue weighted by Crippen LogP contribution is -2.44. The number of amides is 1. The fraction of sp³-hybridized carbons (Fsp3) is 0.588. The van der Waals surface area contributed by atoms with E-state index in [2.05, 4.69) is 37.4 Å². The number of hydrogen-bond donors (Lipinski definition) is 1. The van der Waals surface area contributed by atoms with Gasteiger partial charge in [-0.2, -0.15) is 0 Å². The molecule has 116 valence electrons. The third-order valence-corrected chi connectivity index (χ3v) is 4.11. The molecule has 1 amide bonds. The summed E-state index contributed by atoms with van der Waals surface area (Å²) in [6, 6.07) is 7.05. The molecule has 1 aromatic rings. The van der Waals surface area contributed by atoms with Crippen molar-refractivity contribution in [3.63, 3.8) is 0 Å². The first-order chi connectivity index (χ1) is 10.1. The van der Waals surface area contributed by atoms with E-state index in [0.29, 0.717) is 12.6 Å². The monoisotopic (exact) mass is 290 g/mol. The quantitative estimate of drug-likeness (QED) is 0.927. The lowest BCUT2D eigenvalue weighted by molar-refractivity contribution is 0.0950. The Labute approximate surface area is 127 Å². The minimum Gasteiger partial charge on any atom is -0.450 e. The number of aryl methyl sites for hydroxylation is 2. The zero-order valence-corrected chi connectivity index (χ0v) is 13.3. The summed E-state index contributed by atoms with van der Waals surface area (Å²) in [5, 5.41) is 3.62. The predicted molar refractivity (Wildman–Crippen MR) is 84.4 cm³/mol. The summed E-state index contributed by atoms with van der Waals surface area (Å²) in [6.45, 7) is 9.03. The molecule has 2 rings (SSSR count). The molecule has 0 radical (unpaired) electrons. The van der Waals surface area contributed by atoms with Crippen LogP contribution in [-0.4, -0.2) is 36.7 Å². The number of hydrogen-bond acceptors (Lipinski definition) is 3. The van der Waals surface area contributed by atoms with Crippen LogP contribution in [0, 0.1) is 13.8 Å². The van der Waals surface area contributed by atoms with Crippen molar-refractivity contribution in [3.05, 3.63) is 34.9 Å². The van der Waals surface area contributed by atoms with Crippen LogP contribution in [0.15, 0.2) is 18.2 Å². The van der Waals surface area contributed by atoms with Crippen LogP contribution < -0.4 is 5.32 Å². The molecule has 0 aromatic heterocycles. The van der Waals surface area contributed by atoms with Crippen LogP contribution in [0.5, 0.6) is 0 Å². The smallest absolute Gasteiger partial charge is 0.409 e. The van der Waals surface area contributed by atoms with E-state index in [1.165, 1.54) is 16.7 Å². The van der Waals surface area contributed by atoms with E-state index in [0.717, 1.165) is 32.5 Å². The van der Waals surface area contributed by atoms with Gasteiger partial charge in [0.25, 0.3) is 0 Å². The highest BCUT2D eigenvalue weighted by Crippen LogP contribution is 2.14. The van der Waals surface area contributed by atoms with Crippen LogP contribution in [-0.2, 0) is 11.3 Å². The SMILES string of the molecule is CCOC(=O)N1CCC(NCc2cc(C)ccc2C)CC1. The summed E-state index contributed by atoms with van der Waals surface area (Å²) in [5.74, 6) is 0. The van der Waals surface area contributed by atoms with E-state index in [1.807, 2.05) is 6.92 Å². The highest BCUT2D eigenvalue weighted by molar-refractivity contribution is 5.67. The zero-order chi connectivity index (χ0) is 15.2. The van der Waals surface area contributed by atoms with Crippen LogP contribution in [0.25, 0.3) is 0 Å². The number of likely N-dealkylation sites (tertiary alicyclic amines) is 1. The number of nitrogens with zero attached hydrogens (tertiary/aromatic N) is 1. The second-order valence-electron chi connectivity index (χ2n) is 5.77. The molecule has 1 aromatic carbocycles. The Bertz CT molecular complexity index is 480. The average Bonchev–Trinajstić information content (AvgIpc) is 2.49. The maximum absolute atomic E-state index is 11.6. The number of rotatable bonds is 4. The average molecular weight is 290 g/mol. The normalized spacial score (nSPS) is 16.0. The van der Waals surface area contributed by atoms with Gasteiger partial charge in [0.05, 0.1) is 6.61 Å². The summed E-state index contributed by atoms with van der Waals surface area (Å²) in [7, 11) is 0. The van der Waals surface area contributed by atoms with Crippen molar-refractivity contribution in [3.8, 4) is 0 Å². The van der Waals surface area contributed by atoms with E-state index in [9.17, 15) is 4.79 Å². The molecule has 0 bridgehead atoms. The van der Waals surface area contributed by atoms with Gasteiger partial charge in [0.15, 0.2) is 0 Å². The third kappa shape index (κ3) is 4.46. The second kappa shape index (κ2) is 7.46. The Hall–Kier alpha value is -1.55. The highest BCUT2D eigenvalue weighted by Gasteiger charge is 2.23. The molecule has 4 heteroatoms. The summed E-state index contributed by atoms with van der Waals surface area (Å²) in [4.78, 5) is 13.5. The van der Waals surface area contributed by atoms with Gasteiger partial charge in [-0.3, -0.25) is 0 Å². The van der Waals surface area contributed by atoms with Crippen LogP contribution in [0.4, 0.5) is 4.79 Å². The van der Waals surface area contributed by atoms with Crippen LogP contribution in [0.1, 0.15) is 36.5 Å². The molecule has 1 heterocycles. The number of carbonyl (C=O) groups excluding carboxylic acids is 1. The Balaban J connectivity index is 1.79. The fourth-order valence-corrected chi connectivity index (χ4v) is 2.73. The molecule has 1 fully saturated rings. The minimum atomic E-state index is -0.175. The van der Waals surface area contributed by atoms with Gasteiger partial charge < -0.3 is 15.0 Å². The molecular weight excluding hydrogens is 264 g/mol. The van der Waals surface area contributed by atoms with E-state index in [1.54, 1.807) is 4.90 Å². The predicted octanol–water partition coefficient (Wildman–Crippen LogP) is 3.01.